The fourth-order valence-electron chi connectivity index (χ4n) is 4.76. The number of aryl methyl sites for hydroxylation is 4. The maximum Gasteiger partial charge on any atom is 0.339 e. The van der Waals surface area contributed by atoms with E-state index in [4.69, 9.17) is 13.9 Å². The quantitative estimate of drug-likeness (QED) is 0.262. The molecule has 0 spiro atoms. The second kappa shape index (κ2) is 11.6. The summed E-state index contributed by atoms with van der Waals surface area (Å²) in [5.41, 5.74) is 4.40. The molecule has 9 heteroatoms. The van der Waals surface area contributed by atoms with E-state index in [1.807, 2.05) is 64.1 Å². The van der Waals surface area contributed by atoms with Crippen LogP contribution in [-0.4, -0.2) is 35.5 Å². The van der Waals surface area contributed by atoms with Crippen molar-refractivity contribution in [2.45, 2.75) is 59.4 Å². The van der Waals surface area contributed by atoms with Crippen LogP contribution in [0.4, 0.5) is 0 Å². The number of amides is 2. The second-order valence-electron chi connectivity index (χ2n) is 9.78. The third-order valence-corrected chi connectivity index (χ3v) is 7.12. The molecule has 4 aromatic rings. The molecule has 0 bridgehead atoms. The Hall–Kier alpha value is -4.40. The number of hydrogen-bond donors (Lipinski definition) is 3. The van der Waals surface area contributed by atoms with E-state index < -0.39 is 29.5 Å². The van der Waals surface area contributed by atoms with Crippen LogP contribution in [0.2, 0.25) is 0 Å². The zero-order valence-corrected chi connectivity index (χ0v) is 22.5. The van der Waals surface area contributed by atoms with Crippen molar-refractivity contribution in [1.29, 1.82) is 0 Å². The van der Waals surface area contributed by atoms with Crippen LogP contribution in [0.25, 0.3) is 21.9 Å². The van der Waals surface area contributed by atoms with E-state index in [-0.39, 0.29) is 32.2 Å². The predicted octanol–water partition coefficient (Wildman–Crippen LogP) is 4.02. The Labute approximate surface area is 225 Å². The molecule has 0 aliphatic rings. The monoisotopic (exact) mass is 532 g/mol. The van der Waals surface area contributed by atoms with E-state index in [9.17, 15) is 19.2 Å². The van der Waals surface area contributed by atoms with Gasteiger partial charge in [0, 0.05) is 41.3 Å². The number of aliphatic carboxylic acids is 1. The molecular weight excluding hydrogens is 500 g/mol. The lowest BCUT2D eigenvalue weighted by molar-refractivity contribution is -0.137. The number of carboxylic acids is 1. The number of carbonyl (C=O) groups is 3. The summed E-state index contributed by atoms with van der Waals surface area (Å²) in [5, 5.41) is 15.9. The molecule has 0 unspecified atom stereocenters. The van der Waals surface area contributed by atoms with E-state index in [0.717, 1.165) is 38.8 Å². The van der Waals surface area contributed by atoms with Crippen molar-refractivity contribution in [2.75, 3.05) is 6.54 Å². The molecule has 0 aliphatic carbocycles. The molecule has 2 aromatic carbocycles. The average Bonchev–Trinajstić information content (AvgIpc) is 3.18. The minimum absolute atomic E-state index is 0.0319. The van der Waals surface area contributed by atoms with Crippen LogP contribution >= 0.6 is 0 Å². The minimum atomic E-state index is -1.03. The van der Waals surface area contributed by atoms with Crippen molar-refractivity contribution >= 4 is 39.7 Å². The molecule has 2 heterocycles. The summed E-state index contributed by atoms with van der Waals surface area (Å²) >= 11 is 0. The maximum atomic E-state index is 12.9. The topological polar surface area (TPSA) is 139 Å². The molecule has 2 amide bonds. The SMILES string of the molecule is Cc1oc2c(C)c3oc(=O)c(CCC(=O)N[C@H](Cc4ccccc4)C(=O)NCCC(=O)O)c(C)c3cc2c1C. The van der Waals surface area contributed by atoms with E-state index in [0.29, 0.717) is 16.7 Å². The Morgan fingerprint density at radius 3 is 2.26 bits per heavy atom. The van der Waals surface area contributed by atoms with Crippen molar-refractivity contribution in [3.63, 3.8) is 0 Å². The van der Waals surface area contributed by atoms with Crippen molar-refractivity contribution in [3.05, 3.63) is 80.4 Å². The van der Waals surface area contributed by atoms with Gasteiger partial charge in [0.05, 0.1) is 6.42 Å². The highest BCUT2D eigenvalue weighted by Gasteiger charge is 2.23. The van der Waals surface area contributed by atoms with E-state index in [1.54, 1.807) is 0 Å². The molecule has 4 rings (SSSR count). The zero-order valence-electron chi connectivity index (χ0n) is 22.5. The fourth-order valence-corrected chi connectivity index (χ4v) is 4.76. The predicted molar refractivity (Wildman–Crippen MR) is 147 cm³/mol. The van der Waals surface area contributed by atoms with E-state index in [2.05, 4.69) is 10.6 Å². The number of rotatable bonds is 10. The Morgan fingerprint density at radius 2 is 1.56 bits per heavy atom. The molecule has 39 heavy (non-hydrogen) atoms. The Kier molecular flexibility index (Phi) is 8.18. The first-order valence-electron chi connectivity index (χ1n) is 12.8. The van der Waals surface area contributed by atoms with Crippen LogP contribution in [0.1, 0.15) is 46.4 Å². The van der Waals surface area contributed by atoms with Gasteiger partial charge in [-0.2, -0.15) is 0 Å². The van der Waals surface area contributed by atoms with Crippen LogP contribution in [0.3, 0.4) is 0 Å². The Morgan fingerprint density at radius 1 is 0.897 bits per heavy atom. The Bertz CT molecular complexity index is 1620. The molecule has 204 valence electrons. The normalized spacial score (nSPS) is 12.0. The molecule has 9 nitrogen and oxygen atoms in total. The summed E-state index contributed by atoms with van der Waals surface area (Å²) in [6, 6.07) is 10.3. The first kappa shape index (κ1) is 27.6. The molecule has 0 fully saturated rings. The van der Waals surface area contributed by atoms with Crippen LogP contribution in [0, 0.1) is 27.7 Å². The van der Waals surface area contributed by atoms with Gasteiger partial charge in [0.2, 0.25) is 11.8 Å². The molecule has 1 atom stereocenters. The number of hydrogen-bond acceptors (Lipinski definition) is 6. The summed E-state index contributed by atoms with van der Waals surface area (Å²) in [4.78, 5) is 49.5. The van der Waals surface area contributed by atoms with Gasteiger partial charge in [0.25, 0.3) is 0 Å². The summed E-state index contributed by atoms with van der Waals surface area (Å²) in [6.45, 7) is 7.53. The molecule has 3 N–H and O–H groups in total. The van der Waals surface area contributed by atoms with Crippen LogP contribution in [-0.2, 0) is 27.2 Å². The number of fused-ring (bicyclic) bond motifs is 2. The van der Waals surface area contributed by atoms with Crippen molar-refractivity contribution in [3.8, 4) is 0 Å². The molecule has 0 saturated heterocycles. The van der Waals surface area contributed by atoms with Crippen LogP contribution < -0.4 is 16.3 Å². The van der Waals surface area contributed by atoms with Crippen molar-refractivity contribution in [1.82, 2.24) is 10.6 Å². The molecule has 0 radical (unpaired) electrons. The fraction of sp³-hybridized carbons (Fsp3) is 0.333. The highest BCUT2D eigenvalue weighted by molar-refractivity contribution is 6.00. The van der Waals surface area contributed by atoms with Gasteiger partial charge in [0.1, 0.15) is 23.0 Å². The third-order valence-electron chi connectivity index (χ3n) is 7.12. The minimum Gasteiger partial charge on any atom is -0.481 e. The lowest BCUT2D eigenvalue weighted by Crippen LogP contribution is -2.48. The molecule has 0 aliphatic heterocycles. The lowest BCUT2D eigenvalue weighted by atomic mass is 9.98. The van der Waals surface area contributed by atoms with Crippen LogP contribution in [0.15, 0.2) is 50.0 Å². The van der Waals surface area contributed by atoms with Gasteiger partial charge in [0.15, 0.2) is 0 Å². The number of carbonyl (C=O) groups excluding carboxylic acids is 2. The first-order chi connectivity index (χ1) is 18.6. The molecule has 2 aromatic heterocycles. The average molecular weight is 533 g/mol. The number of furan rings is 1. The van der Waals surface area contributed by atoms with Gasteiger partial charge in [-0.15, -0.1) is 0 Å². The van der Waals surface area contributed by atoms with Crippen LogP contribution in [0.5, 0.6) is 0 Å². The lowest BCUT2D eigenvalue weighted by Gasteiger charge is -2.19. The van der Waals surface area contributed by atoms with Crippen molar-refractivity contribution in [2.24, 2.45) is 0 Å². The van der Waals surface area contributed by atoms with Gasteiger partial charge < -0.3 is 24.6 Å². The third kappa shape index (κ3) is 6.03. The summed E-state index contributed by atoms with van der Waals surface area (Å²) in [5.74, 6) is -1.11. The van der Waals surface area contributed by atoms with E-state index >= 15 is 0 Å². The first-order valence-corrected chi connectivity index (χ1v) is 12.8. The largest absolute Gasteiger partial charge is 0.481 e. The smallest absolute Gasteiger partial charge is 0.339 e. The standard InChI is InChI=1S/C30H32N2O7/c1-16-19(4)38-27-18(3)28-23(15-22(16)27)17(2)21(30(37)39-28)10-11-25(33)32-24(14-20-8-6-5-7-9-20)29(36)31-13-12-26(34)35/h5-9,15,24H,10-14H2,1-4H3,(H,31,36)(H,32,33)(H,34,35)/t24-/m1/s1. The summed E-state index contributed by atoms with van der Waals surface area (Å²) in [6.07, 6.45) is 0.116. The second-order valence-corrected chi connectivity index (χ2v) is 9.78. The van der Waals surface area contributed by atoms with Gasteiger partial charge in [-0.05, 0) is 56.9 Å². The maximum absolute atomic E-state index is 12.9. The Balaban J connectivity index is 1.53. The van der Waals surface area contributed by atoms with Gasteiger partial charge in [-0.3, -0.25) is 14.4 Å². The number of nitrogens with one attached hydrogen (secondary N) is 2. The van der Waals surface area contributed by atoms with E-state index in [1.165, 1.54) is 0 Å². The van der Waals surface area contributed by atoms with Gasteiger partial charge >= 0.3 is 11.6 Å². The highest BCUT2D eigenvalue weighted by Crippen LogP contribution is 2.34. The number of benzene rings is 2. The molecular formula is C30H32N2O7. The summed E-state index contributed by atoms with van der Waals surface area (Å²) in [7, 11) is 0. The molecule has 0 saturated carbocycles. The zero-order chi connectivity index (χ0) is 28.3. The van der Waals surface area contributed by atoms with Gasteiger partial charge in [-0.25, -0.2) is 4.79 Å². The van der Waals surface area contributed by atoms with Gasteiger partial charge in [-0.1, -0.05) is 30.3 Å². The number of carboxylic acid groups (broad SMARTS) is 1. The highest BCUT2D eigenvalue weighted by atomic mass is 16.4. The summed E-state index contributed by atoms with van der Waals surface area (Å²) < 4.78 is 11.6. The van der Waals surface area contributed by atoms with Crippen molar-refractivity contribution < 1.29 is 28.3 Å².